The molecule has 1 atom stereocenters. The third kappa shape index (κ3) is 4.01. The summed E-state index contributed by atoms with van der Waals surface area (Å²) in [5.74, 6) is 5.39. The molecule has 0 bridgehead atoms. The van der Waals surface area contributed by atoms with Crippen LogP contribution in [0.1, 0.15) is 24.0 Å². The standard InChI is InChI=1S/C17H20N2O4S/c1-12(13-5-3-2-4-6-13)17(16(11-20)23-18)14-7-9-15(10-8-14)24(19,21)22/h2-10,12,20H,11,18H2,1H3,(H2,19,21,22)/b17-16+. The summed E-state index contributed by atoms with van der Waals surface area (Å²) in [6.07, 6.45) is 0. The van der Waals surface area contributed by atoms with Crippen LogP contribution in [0.15, 0.2) is 65.3 Å². The van der Waals surface area contributed by atoms with Crippen LogP contribution in [0.3, 0.4) is 0 Å². The summed E-state index contributed by atoms with van der Waals surface area (Å²) in [6, 6.07) is 15.7. The topological polar surface area (TPSA) is 116 Å². The van der Waals surface area contributed by atoms with Crippen LogP contribution in [0, 0.1) is 0 Å². The molecule has 1 unspecified atom stereocenters. The van der Waals surface area contributed by atoms with Crippen molar-refractivity contribution in [2.45, 2.75) is 17.7 Å². The van der Waals surface area contributed by atoms with Crippen molar-refractivity contribution in [3.63, 3.8) is 0 Å². The van der Waals surface area contributed by atoms with Crippen molar-refractivity contribution in [3.8, 4) is 0 Å². The highest BCUT2D eigenvalue weighted by Crippen LogP contribution is 2.34. The van der Waals surface area contributed by atoms with E-state index in [0.29, 0.717) is 11.1 Å². The number of allylic oxidation sites excluding steroid dienone is 1. The number of primary sulfonamides is 1. The second-order valence-corrected chi connectivity index (χ2v) is 6.88. The normalized spacial score (nSPS) is 14.0. The zero-order valence-corrected chi connectivity index (χ0v) is 14.0. The first-order chi connectivity index (χ1) is 11.4. The van der Waals surface area contributed by atoms with Crippen LogP contribution in [0.4, 0.5) is 0 Å². The molecule has 0 aliphatic carbocycles. The highest BCUT2D eigenvalue weighted by molar-refractivity contribution is 7.89. The molecule has 0 amide bonds. The Morgan fingerprint density at radius 1 is 1.12 bits per heavy atom. The van der Waals surface area contributed by atoms with Crippen molar-refractivity contribution in [2.75, 3.05) is 6.61 Å². The van der Waals surface area contributed by atoms with Gasteiger partial charge in [-0.2, -0.15) is 5.90 Å². The van der Waals surface area contributed by atoms with Crippen LogP contribution in [-0.2, 0) is 14.9 Å². The molecule has 7 heteroatoms. The molecule has 0 saturated carbocycles. The summed E-state index contributed by atoms with van der Waals surface area (Å²) >= 11 is 0. The number of hydrogen-bond acceptors (Lipinski definition) is 5. The van der Waals surface area contributed by atoms with Gasteiger partial charge in [-0.1, -0.05) is 49.4 Å². The van der Waals surface area contributed by atoms with Gasteiger partial charge in [0.05, 0.1) is 4.90 Å². The van der Waals surface area contributed by atoms with Crippen LogP contribution in [0.25, 0.3) is 5.57 Å². The number of aliphatic hydroxyl groups is 1. The Bertz CT molecular complexity index is 809. The summed E-state index contributed by atoms with van der Waals surface area (Å²) in [5.41, 5.74) is 2.37. The van der Waals surface area contributed by atoms with E-state index in [9.17, 15) is 13.5 Å². The van der Waals surface area contributed by atoms with Gasteiger partial charge in [-0.3, -0.25) is 0 Å². The Balaban J connectivity index is 2.54. The van der Waals surface area contributed by atoms with E-state index in [1.54, 1.807) is 12.1 Å². The Kier molecular flexibility index (Phi) is 5.74. The van der Waals surface area contributed by atoms with Gasteiger partial charge in [0.15, 0.2) is 5.76 Å². The fraction of sp³-hybridized carbons (Fsp3) is 0.176. The van der Waals surface area contributed by atoms with Crippen molar-refractivity contribution >= 4 is 15.6 Å². The van der Waals surface area contributed by atoms with Gasteiger partial charge < -0.3 is 9.94 Å². The maximum absolute atomic E-state index is 11.4. The minimum Gasteiger partial charge on any atom is -0.413 e. The number of nitrogens with two attached hydrogens (primary N) is 2. The monoisotopic (exact) mass is 348 g/mol. The first-order valence-electron chi connectivity index (χ1n) is 7.27. The minimum atomic E-state index is -3.77. The molecule has 2 aromatic rings. The predicted octanol–water partition coefficient (Wildman–Crippen LogP) is 1.73. The fourth-order valence-electron chi connectivity index (χ4n) is 2.57. The Labute approximate surface area is 141 Å². The number of sulfonamides is 1. The molecule has 5 N–H and O–H groups in total. The van der Waals surface area contributed by atoms with Crippen molar-refractivity contribution in [1.29, 1.82) is 0 Å². The van der Waals surface area contributed by atoms with E-state index in [2.05, 4.69) is 0 Å². The quantitative estimate of drug-likeness (QED) is 0.543. The van der Waals surface area contributed by atoms with Gasteiger partial charge >= 0.3 is 0 Å². The maximum Gasteiger partial charge on any atom is 0.238 e. The molecule has 0 saturated heterocycles. The Morgan fingerprint density at radius 3 is 2.17 bits per heavy atom. The molecule has 0 aromatic heterocycles. The van der Waals surface area contributed by atoms with E-state index in [4.69, 9.17) is 15.9 Å². The minimum absolute atomic E-state index is 0.0113. The van der Waals surface area contributed by atoms with Gasteiger partial charge in [-0.15, -0.1) is 0 Å². The van der Waals surface area contributed by atoms with Crippen LogP contribution >= 0.6 is 0 Å². The number of aliphatic hydroxyl groups excluding tert-OH is 1. The van der Waals surface area contributed by atoms with E-state index in [-0.39, 0.29) is 23.2 Å². The van der Waals surface area contributed by atoms with Crippen LogP contribution < -0.4 is 11.0 Å². The lowest BCUT2D eigenvalue weighted by atomic mass is 9.87. The van der Waals surface area contributed by atoms with Gasteiger partial charge in [0.2, 0.25) is 10.0 Å². The molecule has 2 aromatic carbocycles. The van der Waals surface area contributed by atoms with Crippen molar-refractivity contribution in [3.05, 3.63) is 71.5 Å². The Hall–Kier alpha value is -2.19. The van der Waals surface area contributed by atoms with Crippen LogP contribution in [0.2, 0.25) is 0 Å². The summed E-state index contributed by atoms with van der Waals surface area (Å²) < 4.78 is 22.8. The van der Waals surface area contributed by atoms with E-state index < -0.39 is 10.0 Å². The highest BCUT2D eigenvalue weighted by atomic mass is 32.2. The van der Waals surface area contributed by atoms with Gasteiger partial charge in [-0.05, 0) is 23.3 Å². The number of benzene rings is 2. The van der Waals surface area contributed by atoms with Crippen molar-refractivity contribution < 1.29 is 18.4 Å². The predicted molar refractivity (Wildman–Crippen MR) is 92.0 cm³/mol. The van der Waals surface area contributed by atoms with Gasteiger partial charge in [-0.25, -0.2) is 13.6 Å². The van der Waals surface area contributed by atoms with Gasteiger partial charge in [0.1, 0.15) is 6.61 Å². The zero-order valence-electron chi connectivity index (χ0n) is 13.2. The Morgan fingerprint density at radius 2 is 1.71 bits per heavy atom. The lowest BCUT2D eigenvalue weighted by molar-refractivity contribution is 0.165. The third-order valence-corrected chi connectivity index (χ3v) is 4.74. The second kappa shape index (κ2) is 7.59. The van der Waals surface area contributed by atoms with E-state index in [1.165, 1.54) is 12.1 Å². The zero-order chi connectivity index (χ0) is 17.7. The van der Waals surface area contributed by atoms with Crippen LogP contribution in [-0.4, -0.2) is 20.1 Å². The number of rotatable bonds is 6. The van der Waals surface area contributed by atoms with Gasteiger partial charge in [0, 0.05) is 11.5 Å². The van der Waals surface area contributed by atoms with E-state index >= 15 is 0 Å². The average molecular weight is 348 g/mol. The molecule has 0 fully saturated rings. The first kappa shape index (κ1) is 18.2. The molecule has 24 heavy (non-hydrogen) atoms. The molecule has 128 valence electrons. The molecule has 2 rings (SSSR count). The molecular formula is C17H20N2O4S. The van der Waals surface area contributed by atoms with Gasteiger partial charge in [0.25, 0.3) is 0 Å². The molecular weight excluding hydrogens is 328 g/mol. The maximum atomic E-state index is 11.4. The highest BCUT2D eigenvalue weighted by Gasteiger charge is 2.20. The average Bonchev–Trinajstić information content (AvgIpc) is 2.59. The second-order valence-electron chi connectivity index (χ2n) is 5.31. The SMILES string of the molecule is CC(/C(=C(/CO)ON)c1ccc(S(N)(=O)=O)cc1)c1ccccc1. The van der Waals surface area contributed by atoms with E-state index in [0.717, 1.165) is 5.56 Å². The summed E-state index contributed by atoms with van der Waals surface area (Å²) in [5, 5.41) is 14.7. The molecule has 0 heterocycles. The van der Waals surface area contributed by atoms with Crippen molar-refractivity contribution in [1.82, 2.24) is 0 Å². The van der Waals surface area contributed by atoms with Crippen LogP contribution in [0.5, 0.6) is 0 Å². The molecule has 0 radical (unpaired) electrons. The summed E-state index contributed by atoms with van der Waals surface area (Å²) in [6.45, 7) is 1.58. The first-order valence-corrected chi connectivity index (χ1v) is 8.82. The molecule has 0 aliphatic heterocycles. The fourth-order valence-corrected chi connectivity index (χ4v) is 3.09. The van der Waals surface area contributed by atoms with Crippen molar-refractivity contribution in [2.24, 2.45) is 11.0 Å². The summed E-state index contributed by atoms with van der Waals surface area (Å²) in [4.78, 5) is 4.85. The van der Waals surface area contributed by atoms with E-state index in [1.807, 2.05) is 37.3 Å². The number of hydrogen-bond donors (Lipinski definition) is 3. The summed E-state index contributed by atoms with van der Waals surface area (Å²) in [7, 11) is -3.77. The molecule has 0 aliphatic rings. The molecule has 6 nitrogen and oxygen atoms in total. The third-order valence-electron chi connectivity index (χ3n) is 3.81. The largest absolute Gasteiger partial charge is 0.413 e. The lowest BCUT2D eigenvalue weighted by Crippen LogP contribution is -2.13. The lowest BCUT2D eigenvalue weighted by Gasteiger charge is -2.20. The smallest absolute Gasteiger partial charge is 0.238 e. The molecule has 0 spiro atoms.